The molecule has 0 saturated heterocycles. The highest BCUT2D eigenvalue weighted by atomic mass is 16.1. The first kappa shape index (κ1) is 14.6. The van der Waals surface area contributed by atoms with Gasteiger partial charge in [0.2, 0.25) is 0 Å². The van der Waals surface area contributed by atoms with Crippen molar-refractivity contribution < 1.29 is 4.79 Å². The summed E-state index contributed by atoms with van der Waals surface area (Å²) in [5, 5.41) is 0. The van der Waals surface area contributed by atoms with Gasteiger partial charge in [0.1, 0.15) is 5.78 Å². The van der Waals surface area contributed by atoms with Crippen molar-refractivity contribution in [3.63, 3.8) is 0 Å². The van der Waals surface area contributed by atoms with Gasteiger partial charge in [-0.3, -0.25) is 4.79 Å². The first-order valence-corrected chi connectivity index (χ1v) is 8.72. The minimum Gasteiger partial charge on any atom is -0.299 e. The van der Waals surface area contributed by atoms with Gasteiger partial charge in [0.25, 0.3) is 0 Å². The maximum Gasteiger partial charge on any atom is 0.136 e. The molecule has 0 spiro atoms. The lowest BCUT2D eigenvalue weighted by Crippen LogP contribution is -2.57. The van der Waals surface area contributed by atoms with Crippen LogP contribution < -0.4 is 0 Å². The number of Topliss-reactive ketones (excluding diaryl/α,β-unsaturated/α-hetero) is 1. The van der Waals surface area contributed by atoms with E-state index in [9.17, 15) is 4.79 Å². The van der Waals surface area contributed by atoms with Crippen molar-refractivity contribution in [1.29, 1.82) is 0 Å². The summed E-state index contributed by atoms with van der Waals surface area (Å²) in [6, 6.07) is 0. The third-order valence-corrected chi connectivity index (χ3v) is 7.64. The molecule has 0 aromatic heterocycles. The molecule has 0 unspecified atom stereocenters. The van der Waals surface area contributed by atoms with E-state index in [1.807, 2.05) is 0 Å². The average Bonchev–Trinajstić information content (AvgIpc) is 2.31. The molecule has 3 aliphatic carbocycles. The fraction of sp³-hybridized carbons (Fsp3) is 0.947. The number of carbonyl (C=O) groups excluding carboxylic acids is 1. The van der Waals surface area contributed by atoms with E-state index in [4.69, 9.17) is 0 Å². The van der Waals surface area contributed by atoms with Crippen LogP contribution in [0.1, 0.15) is 79.6 Å². The van der Waals surface area contributed by atoms with Crippen LogP contribution in [0, 0.1) is 34.0 Å². The van der Waals surface area contributed by atoms with E-state index in [2.05, 4.69) is 34.6 Å². The molecule has 0 heterocycles. The van der Waals surface area contributed by atoms with E-state index < -0.39 is 0 Å². The Balaban J connectivity index is 1.98. The second-order valence-corrected chi connectivity index (χ2v) is 9.42. The smallest absolute Gasteiger partial charge is 0.136 e. The molecule has 0 aliphatic heterocycles. The largest absolute Gasteiger partial charge is 0.299 e. The molecule has 114 valence electrons. The molecule has 1 nitrogen and oxygen atoms in total. The Labute approximate surface area is 124 Å². The van der Waals surface area contributed by atoms with E-state index >= 15 is 0 Å². The van der Waals surface area contributed by atoms with E-state index in [1.54, 1.807) is 0 Å². The van der Waals surface area contributed by atoms with E-state index in [-0.39, 0.29) is 0 Å². The third kappa shape index (κ3) is 1.91. The first-order chi connectivity index (χ1) is 9.19. The number of fused-ring (bicyclic) bond motifs is 3. The quantitative estimate of drug-likeness (QED) is 0.591. The number of ketones is 1. The Morgan fingerprint density at radius 3 is 2.40 bits per heavy atom. The summed E-state index contributed by atoms with van der Waals surface area (Å²) in [4.78, 5) is 12.4. The van der Waals surface area contributed by atoms with Crippen LogP contribution in [0.4, 0.5) is 0 Å². The van der Waals surface area contributed by atoms with Crippen molar-refractivity contribution in [3.8, 4) is 0 Å². The van der Waals surface area contributed by atoms with Crippen LogP contribution >= 0.6 is 0 Å². The Morgan fingerprint density at radius 1 is 1.00 bits per heavy atom. The van der Waals surface area contributed by atoms with E-state index in [0.29, 0.717) is 33.9 Å². The number of rotatable bonds is 0. The van der Waals surface area contributed by atoms with Gasteiger partial charge in [0, 0.05) is 12.3 Å². The fourth-order valence-corrected chi connectivity index (χ4v) is 6.69. The lowest BCUT2D eigenvalue weighted by molar-refractivity contribution is -0.162. The maximum absolute atomic E-state index is 12.4. The molecule has 0 bridgehead atoms. The molecule has 0 aromatic rings. The zero-order valence-electron chi connectivity index (χ0n) is 14.1. The Bertz CT molecular complexity index is 423. The van der Waals surface area contributed by atoms with Crippen LogP contribution in [-0.4, -0.2) is 5.78 Å². The molecular formula is C19H32O. The van der Waals surface area contributed by atoms with Gasteiger partial charge in [0.15, 0.2) is 0 Å². The van der Waals surface area contributed by atoms with Crippen LogP contribution in [0.15, 0.2) is 0 Å². The molecule has 3 rings (SSSR count). The molecule has 3 fully saturated rings. The van der Waals surface area contributed by atoms with Gasteiger partial charge < -0.3 is 0 Å². The topological polar surface area (TPSA) is 17.1 Å². The minimum atomic E-state index is 0.299. The summed E-state index contributed by atoms with van der Waals surface area (Å²) in [5.41, 5.74) is 1.30. The zero-order valence-corrected chi connectivity index (χ0v) is 14.1. The molecule has 0 amide bonds. The van der Waals surface area contributed by atoms with Crippen molar-refractivity contribution in [2.24, 2.45) is 34.0 Å². The Kier molecular flexibility index (Phi) is 3.16. The van der Waals surface area contributed by atoms with E-state index in [1.165, 1.54) is 32.1 Å². The highest BCUT2D eigenvalue weighted by Crippen LogP contribution is 2.67. The van der Waals surface area contributed by atoms with Gasteiger partial charge in [-0.1, -0.05) is 41.0 Å². The second kappa shape index (κ2) is 4.34. The molecule has 3 saturated carbocycles. The van der Waals surface area contributed by atoms with Crippen molar-refractivity contribution in [1.82, 2.24) is 0 Å². The van der Waals surface area contributed by atoms with Gasteiger partial charge in [-0.05, 0) is 60.2 Å². The SMILES string of the molecule is C[C@@H]1C[C@]2(C)CC[C@H]3C(C)(C)CCC[C@]3(C)[C@H]2CC1=O. The highest BCUT2D eigenvalue weighted by molar-refractivity contribution is 5.82. The van der Waals surface area contributed by atoms with Gasteiger partial charge in [-0.2, -0.15) is 0 Å². The highest BCUT2D eigenvalue weighted by Gasteiger charge is 2.60. The molecular weight excluding hydrogens is 244 g/mol. The summed E-state index contributed by atoms with van der Waals surface area (Å²) in [5.74, 6) is 2.30. The van der Waals surface area contributed by atoms with Crippen molar-refractivity contribution >= 4 is 5.78 Å². The number of hydrogen-bond acceptors (Lipinski definition) is 1. The molecule has 3 aliphatic rings. The summed E-state index contributed by atoms with van der Waals surface area (Å²) in [6.45, 7) is 12.1. The van der Waals surface area contributed by atoms with Crippen LogP contribution in [0.2, 0.25) is 0 Å². The minimum absolute atomic E-state index is 0.299. The van der Waals surface area contributed by atoms with Crippen LogP contribution in [0.3, 0.4) is 0 Å². The monoisotopic (exact) mass is 276 g/mol. The van der Waals surface area contributed by atoms with Gasteiger partial charge in [-0.25, -0.2) is 0 Å². The van der Waals surface area contributed by atoms with Gasteiger partial charge >= 0.3 is 0 Å². The first-order valence-electron chi connectivity index (χ1n) is 8.72. The van der Waals surface area contributed by atoms with E-state index in [0.717, 1.165) is 18.8 Å². The summed E-state index contributed by atoms with van der Waals surface area (Å²) in [6.07, 6.45) is 8.82. The molecule has 5 atom stereocenters. The predicted octanol–water partition coefficient (Wildman–Crippen LogP) is 5.23. The molecule has 0 radical (unpaired) electrons. The molecule has 1 heteroatoms. The Hall–Kier alpha value is -0.330. The maximum atomic E-state index is 12.4. The normalized spacial score (nSPS) is 51.2. The summed E-state index contributed by atoms with van der Waals surface area (Å²) in [7, 11) is 0. The van der Waals surface area contributed by atoms with Crippen molar-refractivity contribution in [3.05, 3.63) is 0 Å². The standard InChI is InChI=1S/C19H32O/c1-13-12-18(4)10-7-15-17(2,3)8-6-9-19(15,5)16(18)11-14(13)20/h13,15-16H,6-12H2,1-5H3/t13-,15+,16+,18+,19+/m1/s1. The van der Waals surface area contributed by atoms with Crippen molar-refractivity contribution in [2.45, 2.75) is 79.6 Å². The second-order valence-electron chi connectivity index (χ2n) is 9.42. The van der Waals surface area contributed by atoms with Crippen molar-refractivity contribution in [2.75, 3.05) is 0 Å². The molecule has 0 N–H and O–H groups in total. The van der Waals surface area contributed by atoms with Crippen LogP contribution in [0.5, 0.6) is 0 Å². The molecule has 20 heavy (non-hydrogen) atoms. The predicted molar refractivity (Wildman–Crippen MR) is 83.5 cm³/mol. The van der Waals surface area contributed by atoms with Gasteiger partial charge in [0.05, 0.1) is 0 Å². The van der Waals surface area contributed by atoms with Crippen LogP contribution in [0.25, 0.3) is 0 Å². The lowest BCUT2D eigenvalue weighted by atomic mass is 9.40. The summed E-state index contributed by atoms with van der Waals surface area (Å²) < 4.78 is 0. The number of carbonyl (C=O) groups is 1. The lowest BCUT2D eigenvalue weighted by Gasteiger charge is -2.64. The average molecular weight is 276 g/mol. The van der Waals surface area contributed by atoms with Crippen LogP contribution in [-0.2, 0) is 4.79 Å². The number of hydrogen-bond donors (Lipinski definition) is 0. The third-order valence-electron chi connectivity index (χ3n) is 7.64. The summed E-state index contributed by atoms with van der Waals surface area (Å²) >= 11 is 0. The molecule has 0 aromatic carbocycles. The Morgan fingerprint density at radius 2 is 1.70 bits per heavy atom. The van der Waals surface area contributed by atoms with Gasteiger partial charge in [-0.15, -0.1) is 0 Å². The fourth-order valence-electron chi connectivity index (χ4n) is 6.69. The zero-order chi connectivity index (χ0) is 14.8.